The fraction of sp³-hybridized carbons (Fsp3) is 0.455. The van der Waals surface area contributed by atoms with E-state index in [9.17, 15) is 22.0 Å². The second kappa shape index (κ2) is 6.91. The van der Waals surface area contributed by atoms with Crippen LogP contribution in [0.2, 0.25) is 0 Å². The summed E-state index contributed by atoms with van der Waals surface area (Å²) >= 11 is 5.41. The predicted octanol–water partition coefficient (Wildman–Crippen LogP) is 3.66. The van der Waals surface area contributed by atoms with Crippen LogP contribution in [0.25, 0.3) is 0 Å². The summed E-state index contributed by atoms with van der Waals surface area (Å²) in [6.45, 7) is -2.27. The van der Waals surface area contributed by atoms with Crippen LogP contribution in [-0.2, 0) is 10.6 Å². The molecule has 8 heteroatoms. The minimum Gasteiger partial charge on any atom is -0.485 e. The van der Waals surface area contributed by atoms with E-state index in [0.29, 0.717) is 0 Å². The first kappa shape index (κ1) is 16.0. The molecule has 0 saturated carbocycles. The standard InChI is InChI=1S/C11H10ClF5O2/c12-5-7-3-8(13)10(9(14)4-7)19-2-1-18-6-11(15,16)17/h3-4H,1-2,5-6H2. The average molecular weight is 305 g/mol. The summed E-state index contributed by atoms with van der Waals surface area (Å²) in [5.41, 5.74) is 0.234. The Balaban J connectivity index is 2.46. The first-order valence-electron chi connectivity index (χ1n) is 5.14. The molecule has 0 aliphatic heterocycles. The lowest BCUT2D eigenvalue weighted by molar-refractivity contribution is -0.175. The molecule has 0 unspecified atom stereocenters. The maximum Gasteiger partial charge on any atom is 0.411 e. The first-order valence-corrected chi connectivity index (χ1v) is 5.68. The predicted molar refractivity (Wildman–Crippen MR) is 58.3 cm³/mol. The number of benzene rings is 1. The molecule has 0 aliphatic carbocycles. The van der Waals surface area contributed by atoms with Crippen molar-refractivity contribution in [1.82, 2.24) is 0 Å². The third-order valence-electron chi connectivity index (χ3n) is 1.95. The van der Waals surface area contributed by atoms with E-state index in [4.69, 9.17) is 16.3 Å². The van der Waals surface area contributed by atoms with Crippen molar-refractivity contribution in [2.75, 3.05) is 19.8 Å². The van der Waals surface area contributed by atoms with E-state index in [1.807, 2.05) is 0 Å². The maximum absolute atomic E-state index is 13.4. The van der Waals surface area contributed by atoms with Crippen molar-refractivity contribution in [2.45, 2.75) is 12.1 Å². The van der Waals surface area contributed by atoms with Gasteiger partial charge in [0.05, 0.1) is 6.61 Å². The summed E-state index contributed by atoms with van der Waals surface area (Å²) in [5, 5.41) is 0. The largest absolute Gasteiger partial charge is 0.485 e. The highest BCUT2D eigenvalue weighted by Crippen LogP contribution is 2.24. The van der Waals surface area contributed by atoms with E-state index >= 15 is 0 Å². The quantitative estimate of drug-likeness (QED) is 0.454. The van der Waals surface area contributed by atoms with Gasteiger partial charge in [-0.25, -0.2) is 8.78 Å². The van der Waals surface area contributed by atoms with Gasteiger partial charge in [-0.05, 0) is 17.7 Å². The number of alkyl halides is 4. The monoisotopic (exact) mass is 304 g/mol. The van der Waals surface area contributed by atoms with Gasteiger partial charge in [0, 0.05) is 5.88 Å². The zero-order valence-corrected chi connectivity index (χ0v) is 10.3. The third kappa shape index (κ3) is 5.61. The Morgan fingerprint density at radius 2 is 1.63 bits per heavy atom. The van der Waals surface area contributed by atoms with Crippen LogP contribution in [0.15, 0.2) is 12.1 Å². The van der Waals surface area contributed by atoms with Gasteiger partial charge in [-0.2, -0.15) is 13.2 Å². The molecule has 1 rings (SSSR count). The Morgan fingerprint density at radius 3 is 2.11 bits per heavy atom. The molecule has 0 N–H and O–H groups in total. The molecule has 0 bridgehead atoms. The van der Waals surface area contributed by atoms with Crippen molar-refractivity contribution in [3.8, 4) is 5.75 Å². The number of rotatable bonds is 6. The molecule has 2 nitrogen and oxygen atoms in total. The lowest BCUT2D eigenvalue weighted by Crippen LogP contribution is -2.19. The number of hydrogen-bond acceptors (Lipinski definition) is 2. The SMILES string of the molecule is Fc1cc(CCl)cc(F)c1OCCOCC(F)(F)F. The lowest BCUT2D eigenvalue weighted by atomic mass is 10.2. The molecular weight excluding hydrogens is 295 g/mol. The molecule has 108 valence electrons. The molecule has 1 aromatic carbocycles. The smallest absolute Gasteiger partial charge is 0.411 e. The molecule has 0 spiro atoms. The first-order chi connectivity index (χ1) is 8.83. The van der Waals surface area contributed by atoms with Crippen LogP contribution in [0.5, 0.6) is 5.75 Å². The van der Waals surface area contributed by atoms with Crippen molar-refractivity contribution < 1.29 is 31.4 Å². The van der Waals surface area contributed by atoms with Crippen LogP contribution < -0.4 is 4.74 Å². The topological polar surface area (TPSA) is 18.5 Å². The van der Waals surface area contributed by atoms with Gasteiger partial charge in [-0.15, -0.1) is 11.6 Å². The second-order valence-electron chi connectivity index (χ2n) is 3.54. The summed E-state index contributed by atoms with van der Waals surface area (Å²) in [6, 6.07) is 1.98. The Labute approximate surface area is 111 Å². The van der Waals surface area contributed by atoms with Crippen LogP contribution >= 0.6 is 11.6 Å². The highest BCUT2D eigenvalue weighted by atomic mass is 35.5. The van der Waals surface area contributed by atoms with Crippen molar-refractivity contribution in [3.63, 3.8) is 0 Å². The molecular formula is C11H10ClF5O2. The summed E-state index contributed by atoms with van der Waals surface area (Å²) in [7, 11) is 0. The van der Waals surface area contributed by atoms with E-state index in [0.717, 1.165) is 12.1 Å². The fourth-order valence-corrected chi connectivity index (χ4v) is 1.37. The molecule has 0 aliphatic rings. The van der Waals surface area contributed by atoms with Crippen LogP contribution in [0.4, 0.5) is 22.0 Å². The zero-order valence-electron chi connectivity index (χ0n) is 9.57. The Morgan fingerprint density at radius 1 is 1.05 bits per heavy atom. The summed E-state index contributed by atoms with van der Waals surface area (Å²) in [4.78, 5) is 0. The number of halogens is 6. The maximum atomic E-state index is 13.4. The van der Waals surface area contributed by atoms with Gasteiger partial charge in [0.1, 0.15) is 13.2 Å². The van der Waals surface area contributed by atoms with Gasteiger partial charge in [0.25, 0.3) is 0 Å². The molecule has 0 atom stereocenters. The van der Waals surface area contributed by atoms with Crippen LogP contribution in [0.3, 0.4) is 0 Å². The molecule has 1 aromatic rings. The lowest BCUT2D eigenvalue weighted by Gasteiger charge is -2.10. The van der Waals surface area contributed by atoms with Gasteiger partial charge in [-0.1, -0.05) is 0 Å². The van der Waals surface area contributed by atoms with E-state index in [1.165, 1.54) is 0 Å². The Bertz CT molecular complexity index is 399. The van der Waals surface area contributed by atoms with Gasteiger partial charge in [0.15, 0.2) is 17.4 Å². The minimum absolute atomic E-state index is 0.0667. The zero-order chi connectivity index (χ0) is 14.5. The van der Waals surface area contributed by atoms with Crippen molar-refractivity contribution in [2.24, 2.45) is 0 Å². The molecule has 19 heavy (non-hydrogen) atoms. The summed E-state index contributed by atoms with van der Waals surface area (Å²) < 4.78 is 70.8. The molecule has 0 amide bonds. The number of hydrogen-bond donors (Lipinski definition) is 0. The van der Waals surface area contributed by atoms with E-state index in [-0.39, 0.29) is 11.4 Å². The summed E-state index contributed by atoms with van der Waals surface area (Å²) in [6.07, 6.45) is -4.45. The van der Waals surface area contributed by atoms with Crippen molar-refractivity contribution in [3.05, 3.63) is 29.3 Å². The molecule has 0 aromatic heterocycles. The van der Waals surface area contributed by atoms with Crippen molar-refractivity contribution >= 4 is 11.6 Å². The van der Waals surface area contributed by atoms with Crippen LogP contribution in [-0.4, -0.2) is 26.0 Å². The molecule has 0 saturated heterocycles. The Hall–Kier alpha value is -1.08. The van der Waals surface area contributed by atoms with Crippen LogP contribution in [0, 0.1) is 11.6 Å². The third-order valence-corrected chi connectivity index (χ3v) is 2.26. The normalized spacial score (nSPS) is 11.7. The van der Waals surface area contributed by atoms with E-state index < -0.39 is 43.4 Å². The molecule has 0 heterocycles. The van der Waals surface area contributed by atoms with E-state index in [1.54, 1.807) is 0 Å². The minimum atomic E-state index is -4.45. The van der Waals surface area contributed by atoms with E-state index in [2.05, 4.69) is 4.74 Å². The van der Waals surface area contributed by atoms with Crippen molar-refractivity contribution in [1.29, 1.82) is 0 Å². The highest BCUT2D eigenvalue weighted by Gasteiger charge is 2.27. The second-order valence-corrected chi connectivity index (χ2v) is 3.81. The van der Waals surface area contributed by atoms with Gasteiger partial charge >= 0.3 is 6.18 Å². The average Bonchev–Trinajstić information content (AvgIpc) is 2.30. The van der Waals surface area contributed by atoms with Gasteiger partial charge in [0.2, 0.25) is 0 Å². The van der Waals surface area contributed by atoms with Crippen LogP contribution in [0.1, 0.15) is 5.56 Å². The molecule has 0 radical (unpaired) electrons. The number of ether oxygens (including phenoxy) is 2. The Kier molecular flexibility index (Phi) is 5.81. The van der Waals surface area contributed by atoms with Gasteiger partial charge < -0.3 is 9.47 Å². The van der Waals surface area contributed by atoms with Gasteiger partial charge in [-0.3, -0.25) is 0 Å². The highest BCUT2D eigenvalue weighted by molar-refractivity contribution is 6.17. The summed E-state index contributed by atoms with van der Waals surface area (Å²) in [5.74, 6) is -2.66. The molecule has 0 fully saturated rings. The fourth-order valence-electron chi connectivity index (χ4n) is 1.22.